The molecule has 102 valence electrons. The Labute approximate surface area is 113 Å². The molecule has 1 heterocycles. The van der Waals surface area contributed by atoms with Gasteiger partial charge in [-0.2, -0.15) is 0 Å². The molecule has 0 aliphatic heterocycles. The van der Waals surface area contributed by atoms with Crippen LogP contribution in [0.25, 0.3) is 0 Å². The van der Waals surface area contributed by atoms with Gasteiger partial charge in [0.15, 0.2) is 0 Å². The standard InChI is InChI=1S/C15H20N2O2/c1-3-4-11-19-13-7-5-12(6-8-13)14(18)15-16-9-10-17(15)2/h5-10,14,18H,3-4,11H2,1-2H3. The zero-order chi connectivity index (χ0) is 13.7. The van der Waals surface area contributed by atoms with Crippen molar-refractivity contribution in [2.75, 3.05) is 6.61 Å². The summed E-state index contributed by atoms with van der Waals surface area (Å²) >= 11 is 0. The molecule has 1 aromatic carbocycles. The number of nitrogens with zero attached hydrogens (tertiary/aromatic N) is 2. The first-order chi connectivity index (χ1) is 9.22. The lowest BCUT2D eigenvalue weighted by atomic mass is 10.1. The molecule has 0 spiro atoms. The van der Waals surface area contributed by atoms with Gasteiger partial charge in [-0.3, -0.25) is 0 Å². The summed E-state index contributed by atoms with van der Waals surface area (Å²) in [6.45, 7) is 2.87. The van der Waals surface area contributed by atoms with Crippen molar-refractivity contribution in [2.24, 2.45) is 7.05 Å². The fraction of sp³-hybridized carbons (Fsp3) is 0.400. The molecule has 19 heavy (non-hydrogen) atoms. The fourth-order valence-electron chi connectivity index (χ4n) is 1.87. The topological polar surface area (TPSA) is 47.3 Å². The number of aliphatic hydroxyl groups is 1. The average molecular weight is 260 g/mol. The molecule has 0 amide bonds. The van der Waals surface area contributed by atoms with Crippen molar-refractivity contribution in [3.8, 4) is 5.75 Å². The molecule has 4 heteroatoms. The Hall–Kier alpha value is -1.81. The lowest BCUT2D eigenvalue weighted by molar-refractivity contribution is 0.206. The van der Waals surface area contributed by atoms with E-state index in [4.69, 9.17) is 4.74 Å². The van der Waals surface area contributed by atoms with Gasteiger partial charge >= 0.3 is 0 Å². The van der Waals surface area contributed by atoms with Crippen LogP contribution in [0.2, 0.25) is 0 Å². The van der Waals surface area contributed by atoms with Crippen LogP contribution in [-0.4, -0.2) is 21.3 Å². The van der Waals surface area contributed by atoms with Crippen molar-refractivity contribution in [3.05, 3.63) is 48.0 Å². The highest BCUT2D eigenvalue weighted by molar-refractivity contribution is 5.30. The summed E-state index contributed by atoms with van der Waals surface area (Å²) in [5.41, 5.74) is 0.817. The third-order valence-corrected chi connectivity index (χ3v) is 3.07. The van der Waals surface area contributed by atoms with Crippen molar-refractivity contribution in [1.29, 1.82) is 0 Å². The molecule has 0 aliphatic carbocycles. The highest BCUT2D eigenvalue weighted by atomic mass is 16.5. The van der Waals surface area contributed by atoms with Crippen LogP contribution in [0.15, 0.2) is 36.7 Å². The van der Waals surface area contributed by atoms with E-state index in [1.54, 1.807) is 6.20 Å². The van der Waals surface area contributed by atoms with Crippen LogP contribution in [-0.2, 0) is 7.05 Å². The maximum atomic E-state index is 10.2. The zero-order valence-corrected chi connectivity index (χ0v) is 11.4. The number of ether oxygens (including phenoxy) is 1. The Balaban J connectivity index is 2.04. The van der Waals surface area contributed by atoms with Crippen molar-refractivity contribution in [1.82, 2.24) is 9.55 Å². The van der Waals surface area contributed by atoms with E-state index in [1.165, 1.54) is 0 Å². The summed E-state index contributed by atoms with van der Waals surface area (Å²) < 4.78 is 7.41. The van der Waals surface area contributed by atoms with Gasteiger partial charge in [0.2, 0.25) is 0 Å². The number of unbranched alkanes of at least 4 members (excludes halogenated alkanes) is 1. The van der Waals surface area contributed by atoms with Crippen molar-refractivity contribution >= 4 is 0 Å². The first kappa shape index (κ1) is 13.6. The van der Waals surface area contributed by atoms with Crippen LogP contribution in [0.5, 0.6) is 5.75 Å². The monoisotopic (exact) mass is 260 g/mol. The van der Waals surface area contributed by atoms with Crippen LogP contribution >= 0.6 is 0 Å². The molecule has 2 rings (SSSR count). The Morgan fingerprint density at radius 2 is 2.05 bits per heavy atom. The predicted octanol–water partition coefficient (Wildman–Crippen LogP) is 2.68. The van der Waals surface area contributed by atoms with Gasteiger partial charge in [0.05, 0.1) is 6.61 Å². The number of aryl methyl sites for hydroxylation is 1. The quantitative estimate of drug-likeness (QED) is 0.812. The predicted molar refractivity (Wildman–Crippen MR) is 74.1 cm³/mol. The first-order valence-electron chi connectivity index (χ1n) is 6.60. The summed E-state index contributed by atoms with van der Waals surface area (Å²) in [5.74, 6) is 1.48. The molecular formula is C15H20N2O2. The lowest BCUT2D eigenvalue weighted by Gasteiger charge is -2.12. The minimum atomic E-state index is -0.704. The van der Waals surface area contributed by atoms with Gasteiger partial charge < -0.3 is 14.4 Å². The highest BCUT2D eigenvalue weighted by Crippen LogP contribution is 2.22. The number of aromatic nitrogens is 2. The second-order valence-corrected chi connectivity index (χ2v) is 4.57. The fourth-order valence-corrected chi connectivity index (χ4v) is 1.87. The van der Waals surface area contributed by atoms with Crippen molar-refractivity contribution in [2.45, 2.75) is 25.9 Å². The molecule has 0 bridgehead atoms. The third kappa shape index (κ3) is 3.35. The summed E-state index contributed by atoms with van der Waals surface area (Å²) in [6.07, 6.45) is 4.97. The number of imidazole rings is 1. The van der Waals surface area contributed by atoms with E-state index < -0.39 is 6.10 Å². The van der Waals surface area contributed by atoms with E-state index >= 15 is 0 Å². The second-order valence-electron chi connectivity index (χ2n) is 4.57. The number of rotatable bonds is 6. The molecule has 0 saturated carbocycles. The maximum absolute atomic E-state index is 10.2. The Morgan fingerprint density at radius 3 is 2.63 bits per heavy atom. The molecule has 0 aliphatic rings. The molecule has 1 atom stereocenters. The smallest absolute Gasteiger partial charge is 0.142 e. The lowest BCUT2D eigenvalue weighted by Crippen LogP contribution is -2.07. The number of hydrogen-bond acceptors (Lipinski definition) is 3. The summed E-state index contributed by atoms with van der Waals surface area (Å²) in [4.78, 5) is 4.16. The van der Waals surface area contributed by atoms with Crippen LogP contribution in [0, 0.1) is 0 Å². The van der Waals surface area contributed by atoms with E-state index in [9.17, 15) is 5.11 Å². The first-order valence-corrected chi connectivity index (χ1v) is 6.60. The third-order valence-electron chi connectivity index (χ3n) is 3.07. The zero-order valence-electron chi connectivity index (χ0n) is 11.4. The summed E-state index contributed by atoms with van der Waals surface area (Å²) in [5, 5.41) is 10.2. The summed E-state index contributed by atoms with van der Waals surface area (Å²) in [7, 11) is 1.87. The van der Waals surface area contributed by atoms with E-state index in [0.29, 0.717) is 5.82 Å². The Morgan fingerprint density at radius 1 is 1.32 bits per heavy atom. The molecule has 1 N–H and O–H groups in total. The minimum Gasteiger partial charge on any atom is -0.494 e. The van der Waals surface area contributed by atoms with Crippen LogP contribution in [0.1, 0.15) is 37.3 Å². The van der Waals surface area contributed by atoms with Crippen LogP contribution in [0.4, 0.5) is 0 Å². The number of aliphatic hydroxyl groups excluding tert-OH is 1. The van der Waals surface area contributed by atoms with E-state index in [2.05, 4.69) is 11.9 Å². The van der Waals surface area contributed by atoms with Gasteiger partial charge in [-0.05, 0) is 24.1 Å². The SMILES string of the molecule is CCCCOc1ccc(C(O)c2nccn2C)cc1. The van der Waals surface area contributed by atoms with E-state index in [0.717, 1.165) is 30.8 Å². The molecule has 4 nitrogen and oxygen atoms in total. The maximum Gasteiger partial charge on any atom is 0.142 e. The van der Waals surface area contributed by atoms with E-state index in [1.807, 2.05) is 42.1 Å². The second kappa shape index (κ2) is 6.38. The largest absolute Gasteiger partial charge is 0.494 e. The number of hydrogen-bond donors (Lipinski definition) is 1. The molecule has 0 saturated heterocycles. The van der Waals surface area contributed by atoms with Gasteiger partial charge in [0, 0.05) is 19.4 Å². The molecule has 2 aromatic rings. The highest BCUT2D eigenvalue weighted by Gasteiger charge is 2.14. The van der Waals surface area contributed by atoms with Gasteiger partial charge in [-0.15, -0.1) is 0 Å². The molecule has 1 aromatic heterocycles. The molecule has 0 radical (unpaired) electrons. The Kier molecular flexibility index (Phi) is 4.58. The van der Waals surface area contributed by atoms with Gasteiger partial charge in [0.1, 0.15) is 17.7 Å². The minimum absolute atomic E-state index is 0.639. The molecule has 0 fully saturated rings. The van der Waals surface area contributed by atoms with Crippen molar-refractivity contribution < 1.29 is 9.84 Å². The normalized spacial score (nSPS) is 12.4. The van der Waals surface area contributed by atoms with Crippen LogP contribution < -0.4 is 4.74 Å². The van der Waals surface area contributed by atoms with Crippen molar-refractivity contribution in [3.63, 3.8) is 0 Å². The van der Waals surface area contributed by atoms with Gasteiger partial charge in [0.25, 0.3) is 0 Å². The number of benzene rings is 1. The molecular weight excluding hydrogens is 240 g/mol. The average Bonchev–Trinajstić information content (AvgIpc) is 2.85. The van der Waals surface area contributed by atoms with E-state index in [-0.39, 0.29) is 0 Å². The van der Waals surface area contributed by atoms with Gasteiger partial charge in [-0.1, -0.05) is 25.5 Å². The molecule has 1 unspecified atom stereocenters. The van der Waals surface area contributed by atoms with Gasteiger partial charge in [-0.25, -0.2) is 4.98 Å². The Bertz CT molecular complexity index is 505. The van der Waals surface area contributed by atoms with Crippen LogP contribution in [0.3, 0.4) is 0 Å². The summed E-state index contributed by atoms with van der Waals surface area (Å²) in [6, 6.07) is 7.52.